The number of benzene rings is 1. The summed E-state index contributed by atoms with van der Waals surface area (Å²) < 4.78 is 25.8. The van der Waals surface area contributed by atoms with Gasteiger partial charge < -0.3 is 0 Å². The lowest BCUT2D eigenvalue weighted by Gasteiger charge is -2.13. The summed E-state index contributed by atoms with van der Waals surface area (Å²) in [4.78, 5) is 10.4. The van der Waals surface area contributed by atoms with Crippen LogP contribution in [0.2, 0.25) is 0 Å². The van der Waals surface area contributed by atoms with Gasteiger partial charge in [-0.05, 0) is 18.4 Å². The van der Waals surface area contributed by atoms with E-state index in [4.69, 9.17) is 0 Å². The second-order valence-electron chi connectivity index (χ2n) is 4.44. The van der Waals surface area contributed by atoms with Crippen molar-refractivity contribution in [3.8, 4) is 0 Å². The van der Waals surface area contributed by atoms with Crippen LogP contribution >= 0.6 is 0 Å². The van der Waals surface area contributed by atoms with Gasteiger partial charge in [-0.15, -0.1) is 0 Å². The second-order valence-corrected chi connectivity index (χ2v) is 4.44. The van der Waals surface area contributed by atoms with Gasteiger partial charge in [0, 0.05) is 29.0 Å². The van der Waals surface area contributed by atoms with Crippen LogP contribution in [0.3, 0.4) is 0 Å². The molecule has 0 heterocycles. The van der Waals surface area contributed by atoms with Crippen molar-refractivity contribution < 1.29 is 13.7 Å². The van der Waals surface area contributed by atoms with E-state index in [0.717, 1.165) is 5.56 Å². The van der Waals surface area contributed by atoms with Gasteiger partial charge in [-0.2, -0.15) is 8.78 Å². The van der Waals surface area contributed by atoms with E-state index in [9.17, 15) is 18.9 Å². The fourth-order valence-electron chi connectivity index (χ4n) is 3.19. The number of fused-ring (bicyclic) bond motifs is 5. The molecule has 17 heavy (non-hydrogen) atoms. The quantitative estimate of drug-likeness (QED) is 0.551. The molecule has 3 rings (SSSR count). The number of nitrogens with zero attached hydrogens (tertiary/aromatic N) is 1. The number of nitro benzene ring substituents is 1. The van der Waals surface area contributed by atoms with Crippen molar-refractivity contribution in [3.63, 3.8) is 0 Å². The zero-order valence-corrected chi connectivity index (χ0v) is 8.82. The summed E-state index contributed by atoms with van der Waals surface area (Å²) in [5.74, 6) is -0.749. The lowest BCUT2D eigenvalue weighted by atomic mass is 9.91. The highest BCUT2D eigenvalue weighted by molar-refractivity contribution is 5.61. The first-order valence-corrected chi connectivity index (χ1v) is 5.43. The zero-order valence-electron chi connectivity index (χ0n) is 8.82. The topological polar surface area (TPSA) is 43.1 Å². The maximum absolute atomic E-state index is 12.9. The highest BCUT2D eigenvalue weighted by atomic mass is 19.3. The SMILES string of the molecule is O=[N+]([O-])c1cccc2c1C1CCC2C1=C(F)F. The summed E-state index contributed by atoms with van der Waals surface area (Å²) in [5.41, 5.74) is 1.32. The number of rotatable bonds is 1. The van der Waals surface area contributed by atoms with Gasteiger partial charge >= 0.3 is 0 Å². The first-order chi connectivity index (χ1) is 8.11. The van der Waals surface area contributed by atoms with E-state index in [-0.39, 0.29) is 17.2 Å². The Hall–Kier alpha value is -1.78. The number of nitro groups is 1. The fourth-order valence-corrected chi connectivity index (χ4v) is 3.19. The molecule has 0 amide bonds. The molecule has 1 aromatic rings. The summed E-state index contributed by atoms with van der Waals surface area (Å²) in [6.07, 6.45) is -0.399. The van der Waals surface area contributed by atoms with Gasteiger partial charge in [-0.3, -0.25) is 10.1 Å². The average Bonchev–Trinajstić information content (AvgIpc) is 2.84. The Labute approximate surface area is 95.9 Å². The molecule has 0 aromatic heterocycles. The zero-order chi connectivity index (χ0) is 12.2. The predicted molar refractivity (Wildman–Crippen MR) is 57.1 cm³/mol. The molecule has 0 saturated heterocycles. The maximum Gasteiger partial charge on any atom is 0.273 e. The molecule has 5 heteroatoms. The third kappa shape index (κ3) is 1.25. The van der Waals surface area contributed by atoms with Crippen LogP contribution in [0.25, 0.3) is 0 Å². The predicted octanol–water partition coefficient (Wildman–Crippen LogP) is 3.72. The van der Waals surface area contributed by atoms with Gasteiger partial charge in [0.2, 0.25) is 0 Å². The Balaban J connectivity index is 2.26. The Morgan fingerprint density at radius 2 is 2.00 bits per heavy atom. The molecular formula is C12H9F2NO2. The first kappa shape index (κ1) is 10.4. The number of hydrogen-bond donors (Lipinski definition) is 0. The van der Waals surface area contributed by atoms with Gasteiger partial charge in [0.05, 0.1) is 4.92 Å². The average molecular weight is 237 g/mol. The van der Waals surface area contributed by atoms with Crippen molar-refractivity contribution in [2.75, 3.05) is 0 Å². The normalized spacial score (nSPS) is 24.9. The molecule has 2 unspecified atom stereocenters. The van der Waals surface area contributed by atoms with Gasteiger partial charge in [0.25, 0.3) is 11.8 Å². The van der Waals surface area contributed by atoms with Crippen LogP contribution in [0.1, 0.15) is 35.8 Å². The minimum absolute atomic E-state index is 0.0200. The van der Waals surface area contributed by atoms with Crippen LogP contribution in [-0.2, 0) is 0 Å². The number of allylic oxidation sites excluding steroid dienone is 1. The Morgan fingerprint density at radius 1 is 1.29 bits per heavy atom. The van der Waals surface area contributed by atoms with E-state index >= 15 is 0 Å². The van der Waals surface area contributed by atoms with E-state index < -0.39 is 16.9 Å². The summed E-state index contributed by atoms with van der Waals surface area (Å²) in [6, 6.07) is 4.70. The number of halogens is 2. The van der Waals surface area contributed by atoms with Crippen LogP contribution in [0.5, 0.6) is 0 Å². The van der Waals surface area contributed by atoms with Gasteiger partial charge in [0.1, 0.15) is 0 Å². The molecule has 1 fully saturated rings. The summed E-state index contributed by atoms with van der Waals surface area (Å²) >= 11 is 0. The van der Waals surface area contributed by atoms with E-state index in [1.807, 2.05) is 0 Å². The van der Waals surface area contributed by atoms with Crippen LogP contribution in [0.15, 0.2) is 29.9 Å². The van der Waals surface area contributed by atoms with E-state index in [0.29, 0.717) is 18.4 Å². The van der Waals surface area contributed by atoms with E-state index in [1.54, 1.807) is 12.1 Å². The Kier molecular flexibility index (Phi) is 2.05. The molecule has 1 aromatic carbocycles. The lowest BCUT2D eigenvalue weighted by Crippen LogP contribution is -2.02. The van der Waals surface area contributed by atoms with Crippen molar-refractivity contribution in [2.45, 2.75) is 24.7 Å². The first-order valence-electron chi connectivity index (χ1n) is 5.43. The van der Waals surface area contributed by atoms with Gasteiger partial charge in [0.15, 0.2) is 0 Å². The smallest absolute Gasteiger partial charge is 0.258 e. The third-order valence-corrected chi connectivity index (χ3v) is 3.75. The monoisotopic (exact) mass is 237 g/mol. The maximum atomic E-state index is 12.9. The van der Waals surface area contributed by atoms with E-state index in [2.05, 4.69) is 0 Å². The van der Waals surface area contributed by atoms with E-state index in [1.165, 1.54) is 6.07 Å². The van der Waals surface area contributed by atoms with Crippen LogP contribution in [0, 0.1) is 10.1 Å². The highest BCUT2D eigenvalue weighted by Crippen LogP contribution is 2.60. The van der Waals surface area contributed by atoms with Crippen molar-refractivity contribution in [1.29, 1.82) is 0 Å². The second kappa shape index (κ2) is 3.35. The molecule has 88 valence electrons. The molecule has 2 bridgehead atoms. The molecule has 1 saturated carbocycles. The molecule has 2 atom stereocenters. The Bertz CT molecular complexity index is 549. The molecule has 0 N–H and O–H groups in total. The third-order valence-electron chi connectivity index (χ3n) is 3.75. The largest absolute Gasteiger partial charge is 0.273 e. The van der Waals surface area contributed by atoms with Crippen molar-refractivity contribution in [2.24, 2.45) is 0 Å². The minimum atomic E-state index is -1.66. The van der Waals surface area contributed by atoms with Crippen LogP contribution in [-0.4, -0.2) is 4.92 Å². The van der Waals surface area contributed by atoms with Crippen molar-refractivity contribution in [1.82, 2.24) is 0 Å². The van der Waals surface area contributed by atoms with Gasteiger partial charge in [-0.25, -0.2) is 0 Å². The molecule has 2 aliphatic rings. The molecule has 2 aliphatic carbocycles. The van der Waals surface area contributed by atoms with Crippen LogP contribution < -0.4 is 0 Å². The number of hydrogen-bond acceptors (Lipinski definition) is 2. The minimum Gasteiger partial charge on any atom is -0.258 e. The summed E-state index contributed by atoms with van der Waals surface area (Å²) in [6.45, 7) is 0. The standard InChI is InChI=1S/C12H9F2NO2/c13-12(14)11-7-4-5-8(11)10-6(7)2-1-3-9(10)15(16)17/h1-3,7-8H,4-5H2. The highest BCUT2D eigenvalue weighted by Gasteiger charge is 2.47. The molecule has 3 nitrogen and oxygen atoms in total. The van der Waals surface area contributed by atoms with Crippen molar-refractivity contribution in [3.05, 3.63) is 51.1 Å². The Morgan fingerprint density at radius 3 is 2.65 bits per heavy atom. The van der Waals surface area contributed by atoms with Crippen LogP contribution in [0.4, 0.5) is 14.5 Å². The lowest BCUT2D eigenvalue weighted by molar-refractivity contribution is -0.385. The molecule has 0 spiro atoms. The molecular weight excluding hydrogens is 228 g/mol. The summed E-state index contributed by atoms with van der Waals surface area (Å²) in [5, 5.41) is 10.9. The summed E-state index contributed by atoms with van der Waals surface area (Å²) in [7, 11) is 0. The fraction of sp³-hybridized carbons (Fsp3) is 0.333. The van der Waals surface area contributed by atoms with Gasteiger partial charge in [-0.1, -0.05) is 12.1 Å². The molecule has 0 aliphatic heterocycles. The van der Waals surface area contributed by atoms with Crippen molar-refractivity contribution >= 4 is 5.69 Å². The molecule has 0 radical (unpaired) electrons.